The first-order valence-electron chi connectivity index (χ1n) is 9.07. The molecule has 0 unspecified atom stereocenters. The van der Waals surface area contributed by atoms with Crippen LogP contribution >= 0.6 is 0 Å². The van der Waals surface area contributed by atoms with Crippen molar-refractivity contribution in [2.24, 2.45) is 0 Å². The Morgan fingerprint density at radius 2 is 1.97 bits per heavy atom. The number of esters is 1. The lowest BCUT2D eigenvalue weighted by atomic mass is 10.2. The van der Waals surface area contributed by atoms with Gasteiger partial charge in [0, 0.05) is 23.1 Å². The summed E-state index contributed by atoms with van der Waals surface area (Å²) in [5.74, 6) is 0.976. The molecule has 0 atom stereocenters. The van der Waals surface area contributed by atoms with E-state index < -0.39 is 18.5 Å². The molecule has 0 fully saturated rings. The molecule has 8 nitrogen and oxygen atoms in total. The molecule has 0 bridgehead atoms. The van der Waals surface area contributed by atoms with Gasteiger partial charge in [-0.3, -0.25) is 4.79 Å². The molecule has 8 heteroatoms. The number of fused-ring (bicyclic) bond motifs is 1. The normalized spacial score (nSPS) is 12.1. The summed E-state index contributed by atoms with van der Waals surface area (Å²) in [7, 11) is 0. The van der Waals surface area contributed by atoms with E-state index in [-0.39, 0.29) is 6.79 Å². The number of furan rings is 1. The molecule has 3 heterocycles. The smallest absolute Gasteiger partial charge is 0.340 e. The average molecular weight is 396 g/mol. The zero-order chi connectivity index (χ0) is 20.4. The van der Waals surface area contributed by atoms with Crippen LogP contribution in [0.1, 0.15) is 27.5 Å². The van der Waals surface area contributed by atoms with E-state index in [0.717, 1.165) is 17.1 Å². The first kappa shape index (κ1) is 18.7. The number of hydrogen-bond donors (Lipinski definition) is 1. The number of benzene rings is 1. The highest BCUT2D eigenvalue weighted by Gasteiger charge is 2.19. The molecule has 0 saturated carbocycles. The number of carbonyl (C=O) groups excluding carboxylic acids is 2. The molecule has 0 radical (unpaired) electrons. The molecule has 0 aliphatic carbocycles. The maximum absolute atomic E-state index is 12.5. The van der Waals surface area contributed by atoms with Crippen LogP contribution < -0.4 is 14.8 Å². The Hall–Kier alpha value is -3.68. The fourth-order valence-corrected chi connectivity index (χ4v) is 3.19. The number of anilines is 1. The van der Waals surface area contributed by atoms with E-state index in [1.54, 1.807) is 30.5 Å². The molecule has 2 aromatic heterocycles. The quantitative estimate of drug-likeness (QED) is 0.643. The number of ether oxygens (including phenoxy) is 3. The summed E-state index contributed by atoms with van der Waals surface area (Å²) in [5, 5.41) is 2.67. The van der Waals surface area contributed by atoms with Crippen LogP contribution in [0.25, 0.3) is 0 Å². The topological polar surface area (TPSA) is 91.9 Å². The fourth-order valence-electron chi connectivity index (χ4n) is 3.19. The van der Waals surface area contributed by atoms with Crippen molar-refractivity contribution in [2.45, 2.75) is 20.4 Å². The standard InChI is InChI=1S/C21H20N2O6/c1-13-8-17(14(2)23(13)10-16-4-3-7-26-16)21(25)27-11-20(24)22-15-5-6-18-19(9-15)29-12-28-18/h3-9H,10-12H2,1-2H3,(H,22,24). The molecule has 4 rings (SSSR count). The van der Waals surface area contributed by atoms with Gasteiger partial charge in [-0.25, -0.2) is 4.79 Å². The van der Waals surface area contributed by atoms with Crippen molar-refractivity contribution < 1.29 is 28.2 Å². The van der Waals surface area contributed by atoms with Crippen LogP contribution in [0.2, 0.25) is 0 Å². The maximum Gasteiger partial charge on any atom is 0.340 e. The lowest BCUT2D eigenvalue weighted by Crippen LogP contribution is -2.21. The molecule has 0 saturated heterocycles. The first-order valence-corrected chi connectivity index (χ1v) is 9.07. The summed E-state index contributed by atoms with van der Waals surface area (Å²) in [6.45, 7) is 4.01. The number of carbonyl (C=O) groups is 2. The van der Waals surface area contributed by atoms with Gasteiger partial charge in [0.25, 0.3) is 5.91 Å². The maximum atomic E-state index is 12.5. The van der Waals surface area contributed by atoms with E-state index in [1.165, 1.54) is 0 Å². The van der Waals surface area contributed by atoms with Crippen molar-refractivity contribution in [1.29, 1.82) is 0 Å². The predicted octanol–water partition coefficient (Wildman–Crippen LogP) is 3.27. The Balaban J connectivity index is 1.36. The van der Waals surface area contributed by atoms with Gasteiger partial charge in [-0.15, -0.1) is 0 Å². The van der Waals surface area contributed by atoms with E-state index in [4.69, 9.17) is 18.6 Å². The first-order chi connectivity index (χ1) is 14.0. The fraction of sp³-hybridized carbons (Fsp3) is 0.238. The largest absolute Gasteiger partial charge is 0.467 e. The monoisotopic (exact) mass is 396 g/mol. The summed E-state index contributed by atoms with van der Waals surface area (Å²) in [5.41, 5.74) is 2.60. The summed E-state index contributed by atoms with van der Waals surface area (Å²) >= 11 is 0. The Labute approximate surface area is 167 Å². The van der Waals surface area contributed by atoms with Crippen LogP contribution in [-0.2, 0) is 16.1 Å². The molecular weight excluding hydrogens is 376 g/mol. The molecule has 1 N–H and O–H groups in total. The predicted molar refractivity (Wildman–Crippen MR) is 103 cm³/mol. The third-order valence-corrected chi connectivity index (χ3v) is 4.68. The zero-order valence-corrected chi connectivity index (χ0v) is 16.1. The molecule has 1 aliphatic heterocycles. The van der Waals surface area contributed by atoms with E-state index in [1.807, 2.05) is 30.5 Å². The van der Waals surface area contributed by atoms with Crippen LogP contribution in [-0.4, -0.2) is 29.8 Å². The molecule has 1 aliphatic rings. The Morgan fingerprint density at radius 1 is 1.14 bits per heavy atom. The van der Waals surface area contributed by atoms with E-state index >= 15 is 0 Å². The molecule has 0 spiro atoms. The summed E-state index contributed by atoms with van der Waals surface area (Å²) in [6.07, 6.45) is 1.61. The van der Waals surface area contributed by atoms with E-state index in [9.17, 15) is 9.59 Å². The average Bonchev–Trinajstić information content (AvgIpc) is 3.43. The molecule has 1 amide bonds. The van der Waals surface area contributed by atoms with Crippen LogP contribution in [0.5, 0.6) is 11.5 Å². The van der Waals surface area contributed by atoms with Crippen molar-refractivity contribution in [3.05, 3.63) is 65.4 Å². The number of rotatable bonds is 6. The number of hydrogen-bond acceptors (Lipinski definition) is 6. The lowest BCUT2D eigenvalue weighted by molar-refractivity contribution is -0.119. The van der Waals surface area contributed by atoms with Gasteiger partial charge in [0.15, 0.2) is 18.1 Å². The highest BCUT2D eigenvalue weighted by molar-refractivity contribution is 5.96. The van der Waals surface area contributed by atoms with Gasteiger partial charge >= 0.3 is 5.97 Å². The molecule has 1 aromatic carbocycles. The van der Waals surface area contributed by atoms with Crippen molar-refractivity contribution in [1.82, 2.24) is 4.57 Å². The van der Waals surface area contributed by atoms with Crippen LogP contribution in [0.4, 0.5) is 5.69 Å². The second kappa shape index (κ2) is 7.75. The Kier molecular flexibility index (Phi) is 4.99. The van der Waals surface area contributed by atoms with Gasteiger partial charge in [-0.1, -0.05) is 0 Å². The highest BCUT2D eigenvalue weighted by Crippen LogP contribution is 2.34. The zero-order valence-electron chi connectivity index (χ0n) is 16.1. The summed E-state index contributed by atoms with van der Waals surface area (Å²) in [4.78, 5) is 24.6. The minimum Gasteiger partial charge on any atom is -0.467 e. The second-order valence-corrected chi connectivity index (χ2v) is 6.64. The Bertz CT molecular complexity index is 1050. The van der Waals surface area contributed by atoms with Crippen LogP contribution in [0.3, 0.4) is 0 Å². The van der Waals surface area contributed by atoms with Crippen molar-refractivity contribution in [3.8, 4) is 11.5 Å². The van der Waals surface area contributed by atoms with Crippen molar-refractivity contribution in [2.75, 3.05) is 18.7 Å². The number of nitrogens with one attached hydrogen (secondary N) is 1. The number of aromatic nitrogens is 1. The van der Waals surface area contributed by atoms with Gasteiger partial charge in [0.2, 0.25) is 6.79 Å². The van der Waals surface area contributed by atoms with Crippen LogP contribution in [0.15, 0.2) is 47.1 Å². The number of nitrogens with zero attached hydrogens (tertiary/aromatic N) is 1. The molecule has 29 heavy (non-hydrogen) atoms. The van der Waals surface area contributed by atoms with Crippen LogP contribution in [0, 0.1) is 13.8 Å². The number of aryl methyl sites for hydroxylation is 1. The third kappa shape index (κ3) is 3.96. The van der Waals surface area contributed by atoms with Crippen molar-refractivity contribution >= 4 is 17.6 Å². The van der Waals surface area contributed by atoms with Crippen molar-refractivity contribution in [3.63, 3.8) is 0 Å². The van der Waals surface area contributed by atoms with E-state index in [0.29, 0.717) is 29.3 Å². The van der Waals surface area contributed by atoms with E-state index in [2.05, 4.69) is 5.32 Å². The molecule has 150 valence electrons. The van der Waals surface area contributed by atoms with Gasteiger partial charge in [-0.2, -0.15) is 0 Å². The van der Waals surface area contributed by atoms with Gasteiger partial charge in [0.05, 0.1) is 18.4 Å². The third-order valence-electron chi connectivity index (χ3n) is 4.68. The minimum absolute atomic E-state index is 0.155. The SMILES string of the molecule is Cc1cc(C(=O)OCC(=O)Nc2ccc3c(c2)OCO3)c(C)n1Cc1ccco1. The minimum atomic E-state index is -0.551. The second-order valence-electron chi connectivity index (χ2n) is 6.64. The van der Waals surface area contributed by atoms with Gasteiger partial charge in [0.1, 0.15) is 5.76 Å². The Morgan fingerprint density at radius 3 is 2.76 bits per heavy atom. The molecular formula is C21H20N2O6. The summed E-state index contributed by atoms with van der Waals surface area (Å²) < 4.78 is 23.0. The lowest BCUT2D eigenvalue weighted by Gasteiger charge is -2.09. The highest BCUT2D eigenvalue weighted by atomic mass is 16.7. The number of amides is 1. The molecule has 3 aromatic rings. The summed E-state index contributed by atoms with van der Waals surface area (Å²) in [6, 6.07) is 10.5. The van der Waals surface area contributed by atoms with Gasteiger partial charge in [-0.05, 0) is 44.2 Å². The van der Waals surface area contributed by atoms with Gasteiger partial charge < -0.3 is 28.5 Å².